The van der Waals surface area contributed by atoms with Crippen molar-refractivity contribution in [3.8, 4) is 168 Å². The summed E-state index contributed by atoms with van der Waals surface area (Å²) in [5, 5.41) is 0. The predicted octanol–water partition coefficient (Wildman–Crippen LogP) is 34.7. The molecule has 20 aromatic rings. The van der Waals surface area contributed by atoms with Gasteiger partial charge in [-0.2, -0.15) is 0 Å². The van der Waals surface area contributed by atoms with E-state index < -0.39 is 0 Å². The van der Waals surface area contributed by atoms with Gasteiger partial charge < -0.3 is 0 Å². The topological polar surface area (TPSA) is 19.4 Å². The molecule has 5 nitrogen and oxygen atoms in total. The van der Waals surface area contributed by atoms with E-state index in [2.05, 4.69) is 594 Å². The van der Waals surface area contributed by atoms with Gasteiger partial charge in [0.1, 0.15) is 35.2 Å². The molecule has 0 radical (unpaired) electrons. The summed E-state index contributed by atoms with van der Waals surface area (Å²) in [6, 6.07) is 126. The first-order chi connectivity index (χ1) is 71.0. The first-order valence-electron chi connectivity index (χ1n) is 52.2. The highest BCUT2D eigenvalue weighted by atomic mass is 14.9. The zero-order chi connectivity index (χ0) is 105. The van der Waals surface area contributed by atoms with E-state index in [0.717, 1.165) is 0 Å². The summed E-state index contributed by atoms with van der Waals surface area (Å²) < 4.78 is 11.2. The maximum absolute atomic E-state index is 2.38. The molecule has 0 aliphatic carbocycles. The maximum atomic E-state index is 2.38. The van der Waals surface area contributed by atoms with Crippen LogP contribution in [-0.2, 0) is 35.2 Å². The zero-order valence-corrected chi connectivity index (χ0v) is 92.5. The van der Waals surface area contributed by atoms with Crippen molar-refractivity contribution in [3.63, 3.8) is 0 Å². The molecular formula is C143H146N5+5. The van der Waals surface area contributed by atoms with Crippen LogP contribution in [0.5, 0.6) is 0 Å². The van der Waals surface area contributed by atoms with E-state index in [1.807, 2.05) is 0 Å². The van der Waals surface area contributed by atoms with Gasteiger partial charge in [0.2, 0.25) is 28.5 Å². The third kappa shape index (κ3) is 23.1. The second-order valence-corrected chi connectivity index (χ2v) is 41.6. The minimum Gasteiger partial charge on any atom is -0.201 e. The van der Waals surface area contributed by atoms with Gasteiger partial charge in [0.05, 0.1) is 0 Å². The molecule has 5 heterocycles. The Labute approximate surface area is 883 Å². The monoisotopic (exact) mass is 1930 g/mol. The third-order valence-corrected chi connectivity index (χ3v) is 30.1. The standard InChI is InChI=1S/C30H32N.2C29H30N.C28H28N.C27H26N/c1-19-14-22(4)30(23(5)15-19)28-17-29(31(7)18-24(28)6)27-16-25(13-12-21(27)3)26-11-9-8-10-20(26)2;1-19-10-7-8-13-25(19)26-18-27(23(5)16-22(26)4)28-17-24(14-15-30(28)6)29-20(2)11-9-12-21(29)3;1-19-11-12-25(21(3)15-19)24-13-14-30(6)29(17-24)28-18-27(22(4)16-23(28)5)26-10-8-7-9-20(26)2;1-19-10-6-8-12-24(19)23-14-15-29(5)28(17-23)27-18-26(21(3)16-22(27)4)25-13-9-7-11-20(25)2;1-19-10-8-9-13-24(19)25-18-26(21(3)16-20(25)2)27-17-23(14-15-28(27)4)22-11-6-5-7-12-22/h8-18H,1-7H3;2*7-18H,1-6H3;6-18H,1-5H3;5-18H,1-4H3/q5*+1. The van der Waals surface area contributed by atoms with Gasteiger partial charge in [-0.05, 0) is 412 Å². The minimum absolute atomic E-state index is 1.23. The van der Waals surface area contributed by atoms with Gasteiger partial charge >= 0.3 is 0 Å². The molecule has 5 aromatic heterocycles. The van der Waals surface area contributed by atoms with Crippen LogP contribution in [0.25, 0.3) is 168 Å². The molecule has 0 saturated carbocycles. The van der Waals surface area contributed by atoms with Gasteiger partial charge in [0.15, 0.2) is 31.0 Å². The number of benzene rings is 15. The lowest BCUT2D eigenvalue weighted by atomic mass is 9.90. The van der Waals surface area contributed by atoms with Crippen LogP contribution < -0.4 is 22.8 Å². The fraction of sp³-hybridized carbons (Fsp3) is 0.196. The van der Waals surface area contributed by atoms with E-state index in [-0.39, 0.29) is 0 Å². The summed E-state index contributed by atoms with van der Waals surface area (Å²) in [7, 11) is 10.7. The summed E-state index contributed by atoms with van der Waals surface area (Å²) >= 11 is 0. The van der Waals surface area contributed by atoms with Gasteiger partial charge in [-0.3, -0.25) is 0 Å². The van der Waals surface area contributed by atoms with Crippen LogP contribution >= 0.6 is 0 Å². The number of pyridine rings is 5. The lowest BCUT2D eigenvalue weighted by molar-refractivity contribution is -0.660. The van der Waals surface area contributed by atoms with E-state index >= 15 is 0 Å². The van der Waals surface area contributed by atoms with Crippen LogP contribution in [0.4, 0.5) is 0 Å². The number of aryl methyl sites for hydroxylation is 28. The summed E-state index contributed by atoms with van der Waals surface area (Å²) in [4.78, 5) is 0. The van der Waals surface area contributed by atoms with E-state index in [1.54, 1.807) is 0 Å². The lowest BCUT2D eigenvalue weighted by Gasteiger charge is -2.15. The molecule has 0 fully saturated rings. The fourth-order valence-corrected chi connectivity index (χ4v) is 22.0. The number of hydrogen-bond donors (Lipinski definition) is 0. The zero-order valence-electron chi connectivity index (χ0n) is 92.5. The van der Waals surface area contributed by atoms with Crippen LogP contribution in [0, 0.1) is 159 Å². The number of nitrogens with zero attached hydrogens (tertiary/aromatic N) is 5. The molecule has 5 heteroatoms. The molecule has 0 unspecified atom stereocenters. The SMILES string of the molecule is Cc1cc(C)c(-c2cc(-c3cc(-c4ccccc4C)ccc3C)[n+](C)cc2C)c(C)c1.Cc1ccc(-c2cc[n+](C)c(-c3cc(-c4ccccc4C)c(C)cc3C)c2)c(C)c1.Cc1ccccc1-c1cc(-c2cc(-c3c(C)cccc3C)cc[n+]2C)c(C)cc1C.Cc1ccccc1-c1cc(-c2cc(-c3ccccc3)cc[n+]2C)c(C)cc1C.Cc1ccccc1-c1cc[n+](C)c(-c2cc(-c3ccccc3C)c(C)cc2C)c1. The average Bonchev–Trinajstić information content (AvgIpc) is 0.776. The maximum Gasteiger partial charge on any atom is 0.213 e. The molecule has 0 aliphatic heterocycles. The van der Waals surface area contributed by atoms with Crippen molar-refractivity contribution >= 4 is 0 Å². The molecule has 0 amide bonds. The number of hydrogen-bond acceptors (Lipinski definition) is 0. The average molecular weight is 1930 g/mol. The van der Waals surface area contributed by atoms with Gasteiger partial charge in [0.25, 0.3) is 0 Å². The van der Waals surface area contributed by atoms with Crippen LogP contribution in [0.1, 0.15) is 128 Å². The third-order valence-electron chi connectivity index (χ3n) is 30.1. The van der Waals surface area contributed by atoms with Crippen molar-refractivity contribution in [1.82, 2.24) is 0 Å². The van der Waals surface area contributed by atoms with E-state index in [4.69, 9.17) is 0 Å². The molecule has 0 N–H and O–H groups in total. The van der Waals surface area contributed by atoms with Gasteiger partial charge in [0, 0.05) is 88.0 Å². The normalized spacial score (nSPS) is 11.0. The molecule has 0 atom stereocenters. The van der Waals surface area contributed by atoms with Crippen molar-refractivity contribution < 1.29 is 22.8 Å². The molecular weight excluding hydrogens is 1790 g/mol. The summed E-state index contributed by atoms with van der Waals surface area (Å²) in [5.41, 5.74) is 68.7. The first kappa shape index (κ1) is 105. The smallest absolute Gasteiger partial charge is 0.201 e. The molecule has 0 spiro atoms. The quantitative estimate of drug-likeness (QED) is 0.0912. The molecule has 15 aromatic carbocycles. The van der Waals surface area contributed by atoms with Crippen LogP contribution in [0.15, 0.2) is 377 Å². The fourth-order valence-electron chi connectivity index (χ4n) is 22.0. The van der Waals surface area contributed by atoms with E-state index in [1.165, 1.54) is 296 Å². The molecule has 0 aliphatic rings. The van der Waals surface area contributed by atoms with Crippen molar-refractivity contribution in [3.05, 3.63) is 505 Å². The Kier molecular flexibility index (Phi) is 32.4. The number of rotatable bonds is 15. The Bertz CT molecular complexity index is 8360. The Morgan fingerprint density at radius 2 is 0.392 bits per heavy atom. The highest BCUT2D eigenvalue weighted by Crippen LogP contribution is 2.43. The largest absolute Gasteiger partial charge is 0.213 e. The van der Waals surface area contributed by atoms with E-state index in [0.29, 0.717) is 0 Å². The van der Waals surface area contributed by atoms with E-state index in [9.17, 15) is 0 Å². The minimum atomic E-state index is 1.23. The van der Waals surface area contributed by atoms with Crippen molar-refractivity contribution in [1.29, 1.82) is 0 Å². The lowest BCUT2D eigenvalue weighted by Crippen LogP contribution is -2.31. The second-order valence-electron chi connectivity index (χ2n) is 41.6. The molecule has 738 valence electrons. The first-order valence-corrected chi connectivity index (χ1v) is 52.2. The molecule has 20 rings (SSSR count). The molecule has 0 saturated heterocycles. The van der Waals surface area contributed by atoms with Crippen molar-refractivity contribution in [2.24, 2.45) is 35.2 Å². The summed E-state index contributed by atoms with van der Waals surface area (Å²) in [6.07, 6.45) is 11.0. The Morgan fingerprint density at radius 3 is 0.757 bits per heavy atom. The Hall–Kier alpha value is -16.0. The highest BCUT2D eigenvalue weighted by molar-refractivity contribution is 5.87. The Morgan fingerprint density at radius 1 is 0.122 bits per heavy atom. The summed E-state index contributed by atoms with van der Waals surface area (Å²) in [6.45, 7) is 50.6. The Balaban J connectivity index is 0.000000132. The molecule has 0 bridgehead atoms. The van der Waals surface area contributed by atoms with Gasteiger partial charge in [-0.25, -0.2) is 22.8 Å². The van der Waals surface area contributed by atoms with Crippen molar-refractivity contribution in [2.45, 2.75) is 159 Å². The van der Waals surface area contributed by atoms with Gasteiger partial charge in [-0.15, -0.1) is 0 Å². The summed E-state index contributed by atoms with van der Waals surface area (Å²) in [5.74, 6) is 0. The van der Waals surface area contributed by atoms with Crippen LogP contribution in [0.3, 0.4) is 0 Å². The highest BCUT2D eigenvalue weighted by Gasteiger charge is 2.27. The second kappa shape index (κ2) is 45.8. The van der Waals surface area contributed by atoms with Crippen LogP contribution in [0.2, 0.25) is 0 Å². The molecule has 148 heavy (non-hydrogen) atoms. The number of aromatic nitrogens is 5. The van der Waals surface area contributed by atoms with Gasteiger partial charge in [-0.1, -0.05) is 272 Å². The predicted molar refractivity (Wildman–Crippen MR) is 629 cm³/mol. The van der Waals surface area contributed by atoms with Crippen LogP contribution in [-0.4, -0.2) is 0 Å². The van der Waals surface area contributed by atoms with Crippen molar-refractivity contribution in [2.75, 3.05) is 0 Å².